The molecular formula is C11H20N4O2S. The molecule has 1 aromatic heterocycles. The van der Waals surface area contributed by atoms with Gasteiger partial charge in [-0.1, -0.05) is 6.92 Å². The first-order valence-electron chi connectivity index (χ1n) is 5.67. The normalized spacial score (nSPS) is 12.8. The quantitative estimate of drug-likeness (QED) is 0.620. The van der Waals surface area contributed by atoms with Crippen molar-refractivity contribution in [1.82, 2.24) is 9.29 Å². The Morgan fingerprint density at radius 1 is 1.50 bits per heavy atom. The number of rotatable bonds is 5. The summed E-state index contributed by atoms with van der Waals surface area (Å²) < 4.78 is 26.4. The van der Waals surface area contributed by atoms with Crippen LogP contribution in [0.1, 0.15) is 27.2 Å². The van der Waals surface area contributed by atoms with Crippen LogP contribution in [0.2, 0.25) is 0 Å². The molecule has 7 heteroatoms. The Balaban J connectivity index is 3.30. The Hall–Kier alpha value is -1.18. The Kier molecular flexibility index (Phi) is 4.31. The monoisotopic (exact) mass is 272 g/mol. The molecule has 18 heavy (non-hydrogen) atoms. The average molecular weight is 272 g/mol. The maximum Gasteiger partial charge on any atom is 0.246 e. The van der Waals surface area contributed by atoms with Gasteiger partial charge in [0.1, 0.15) is 4.90 Å². The summed E-state index contributed by atoms with van der Waals surface area (Å²) in [7, 11) is -2.06. The van der Waals surface area contributed by atoms with Gasteiger partial charge in [-0.15, -0.1) is 0 Å². The van der Waals surface area contributed by atoms with Crippen LogP contribution in [0.3, 0.4) is 0 Å². The zero-order chi connectivity index (χ0) is 14.0. The van der Waals surface area contributed by atoms with Gasteiger partial charge in [-0.25, -0.2) is 8.42 Å². The molecule has 6 nitrogen and oxygen atoms in total. The summed E-state index contributed by atoms with van der Waals surface area (Å²) >= 11 is 0. The van der Waals surface area contributed by atoms with Crippen molar-refractivity contribution >= 4 is 15.7 Å². The van der Waals surface area contributed by atoms with Crippen LogP contribution in [-0.4, -0.2) is 30.3 Å². The Morgan fingerprint density at radius 2 is 2.11 bits per heavy atom. The van der Waals surface area contributed by atoms with E-state index in [1.165, 1.54) is 22.8 Å². The van der Waals surface area contributed by atoms with E-state index < -0.39 is 15.6 Å². The van der Waals surface area contributed by atoms with Crippen molar-refractivity contribution < 1.29 is 8.42 Å². The van der Waals surface area contributed by atoms with E-state index in [2.05, 4.69) is 10.4 Å². The fourth-order valence-electron chi connectivity index (χ4n) is 1.40. The first-order valence-corrected chi connectivity index (χ1v) is 7.11. The molecule has 0 aliphatic rings. The van der Waals surface area contributed by atoms with Crippen LogP contribution in [0.25, 0.3) is 0 Å². The SMILES string of the molecule is CCC(C)(C)N(C)S(=O)(=O)c1cnccc1NN. The molecule has 0 fully saturated rings. The highest BCUT2D eigenvalue weighted by Crippen LogP contribution is 2.28. The molecule has 0 bridgehead atoms. The lowest BCUT2D eigenvalue weighted by molar-refractivity contribution is 0.257. The number of hydrogen-bond acceptors (Lipinski definition) is 5. The summed E-state index contributed by atoms with van der Waals surface area (Å²) in [6.07, 6.45) is 3.49. The molecule has 0 amide bonds. The molecule has 0 unspecified atom stereocenters. The van der Waals surface area contributed by atoms with E-state index in [0.717, 1.165) is 0 Å². The van der Waals surface area contributed by atoms with E-state index in [4.69, 9.17) is 5.84 Å². The van der Waals surface area contributed by atoms with Gasteiger partial charge < -0.3 is 5.43 Å². The lowest BCUT2D eigenvalue weighted by Crippen LogP contribution is -2.44. The third kappa shape index (κ3) is 2.63. The first-order chi connectivity index (χ1) is 8.27. The highest BCUT2D eigenvalue weighted by molar-refractivity contribution is 7.89. The number of pyridine rings is 1. The number of nitrogen functional groups attached to an aromatic ring is 1. The summed E-state index contributed by atoms with van der Waals surface area (Å²) in [5, 5.41) is 0. The van der Waals surface area contributed by atoms with Gasteiger partial charge in [0.2, 0.25) is 10.0 Å². The highest BCUT2D eigenvalue weighted by atomic mass is 32.2. The lowest BCUT2D eigenvalue weighted by Gasteiger charge is -2.33. The second-order valence-electron chi connectivity index (χ2n) is 4.65. The number of aromatic nitrogens is 1. The Morgan fingerprint density at radius 3 is 2.61 bits per heavy atom. The fraction of sp³-hybridized carbons (Fsp3) is 0.545. The van der Waals surface area contributed by atoms with Crippen molar-refractivity contribution in [2.75, 3.05) is 12.5 Å². The summed E-state index contributed by atoms with van der Waals surface area (Å²) in [5.41, 5.74) is 2.25. The van der Waals surface area contributed by atoms with Crippen molar-refractivity contribution in [3.05, 3.63) is 18.5 Å². The van der Waals surface area contributed by atoms with E-state index in [0.29, 0.717) is 12.1 Å². The molecule has 3 N–H and O–H groups in total. The summed E-state index contributed by atoms with van der Waals surface area (Å²) in [6.45, 7) is 5.68. The minimum Gasteiger partial charge on any atom is -0.323 e. The third-order valence-corrected chi connectivity index (χ3v) is 5.39. The van der Waals surface area contributed by atoms with Gasteiger partial charge in [0.25, 0.3) is 0 Å². The molecule has 0 atom stereocenters. The second kappa shape index (κ2) is 5.21. The van der Waals surface area contributed by atoms with Crippen molar-refractivity contribution in [2.45, 2.75) is 37.6 Å². The zero-order valence-electron chi connectivity index (χ0n) is 11.1. The number of anilines is 1. The number of nitrogens with one attached hydrogen (secondary N) is 1. The van der Waals surface area contributed by atoms with E-state index in [-0.39, 0.29) is 4.90 Å². The molecule has 0 saturated heterocycles. The molecule has 0 spiro atoms. The molecule has 0 aromatic carbocycles. The van der Waals surface area contributed by atoms with E-state index in [9.17, 15) is 8.42 Å². The summed E-state index contributed by atoms with van der Waals surface area (Å²) in [6, 6.07) is 1.53. The van der Waals surface area contributed by atoms with Gasteiger partial charge in [0.05, 0.1) is 5.69 Å². The van der Waals surface area contributed by atoms with Crippen LogP contribution in [0, 0.1) is 0 Å². The van der Waals surface area contributed by atoms with Gasteiger partial charge in [-0.05, 0) is 26.3 Å². The molecule has 0 aliphatic heterocycles. The highest BCUT2D eigenvalue weighted by Gasteiger charge is 2.34. The van der Waals surface area contributed by atoms with Crippen molar-refractivity contribution in [3.8, 4) is 0 Å². The van der Waals surface area contributed by atoms with Crippen LogP contribution >= 0.6 is 0 Å². The third-order valence-electron chi connectivity index (χ3n) is 3.30. The summed E-state index contributed by atoms with van der Waals surface area (Å²) in [5.74, 6) is 5.33. The van der Waals surface area contributed by atoms with Gasteiger partial charge in [0.15, 0.2) is 0 Å². The van der Waals surface area contributed by atoms with Crippen LogP contribution in [0.4, 0.5) is 5.69 Å². The van der Waals surface area contributed by atoms with Crippen molar-refractivity contribution in [2.24, 2.45) is 5.84 Å². The largest absolute Gasteiger partial charge is 0.323 e. The van der Waals surface area contributed by atoms with Crippen molar-refractivity contribution in [1.29, 1.82) is 0 Å². The van der Waals surface area contributed by atoms with Gasteiger partial charge in [-0.3, -0.25) is 10.8 Å². The van der Waals surface area contributed by atoms with Crippen LogP contribution in [-0.2, 0) is 10.0 Å². The fourth-order valence-corrected chi connectivity index (χ4v) is 3.07. The van der Waals surface area contributed by atoms with E-state index in [1.54, 1.807) is 7.05 Å². The molecule has 1 heterocycles. The molecule has 1 rings (SSSR count). The topological polar surface area (TPSA) is 88.3 Å². The standard InChI is InChI=1S/C11H20N4O2S/c1-5-11(2,3)15(4)18(16,17)10-8-13-7-6-9(10)14-12/h6-8H,5,12H2,1-4H3,(H,13,14). The minimum atomic E-state index is -3.62. The zero-order valence-corrected chi connectivity index (χ0v) is 12.0. The first kappa shape index (κ1) is 14.9. The predicted molar refractivity (Wildman–Crippen MR) is 71.4 cm³/mol. The molecule has 1 aromatic rings. The smallest absolute Gasteiger partial charge is 0.246 e. The number of nitrogens with zero attached hydrogens (tertiary/aromatic N) is 2. The Labute approximate surface area is 108 Å². The van der Waals surface area contributed by atoms with Gasteiger partial charge in [0, 0.05) is 25.0 Å². The predicted octanol–water partition coefficient (Wildman–Crippen LogP) is 1.18. The molecular weight excluding hydrogens is 252 g/mol. The average Bonchev–Trinajstić information content (AvgIpc) is 2.37. The number of nitrogens with two attached hydrogens (primary N) is 1. The maximum atomic E-state index is 12.5. The van der Waals surface area contributed by atoms with Crippen molar-refractivity contribution in [3.63, 3.8) is 0 Å². The van der Waals surface area contributed by atoms with Gasteiger partial charge in [-0.2, -0.15) is 4.31 Å². The molecule has 0 aliphatic carbocycles. The van der Waals surface area contributed by atoms with Crippen LogP contribution in [0.5, 0.6) is 0 Å². The van der Waals surface area contributed by atoms with E-state index >= 15 is 0 Å². The second-order valence-corrected chi connectivity index (χ2v) is 6.59. The van der Waals surface area contributed by atoms with E-state index in [1.807, 2.05) is 20.8 Å². The number of hydrogen-bond donors (Lipinski definition) is 2. The minimum absolute atomic E-state index is 0.0801. The molecule has 0 radical (unpaired) electrons. The number of sulfonamides is 1. The molecule has 102 valence electrons. The summed E-state index contributed by atoms with van der Waals surface area (Å²) in [4.78, 5) is 3.93. The Bertz CT molecular complexity index is 514. The van der Waals surface area contributed by atoms with Crippen LogP contribution < -0.4 is 11.3 Å². The number of hydrazine groups is 1. The molecule has 0 saturated carbocycles. The lowest BCUT2D eigenvalue weighted by atomic mass is 10.0. The maximum absolute atomic E-state index is 12.5. The van der Waals surface area contributed by atoms with Gasteiger partial charge >= 0.3 is 0 Å². The van der Waals surface area contributed by atoms with Crippen LogP contribution in [0.15, 0.2) is 23.4 Å².